The van der Waals surface area contributed by atoms with E-state index in [2.05, 4.69) is 32.0 Å². The fraction of sp³-hybridized carbons (Fsp3) is 0.521. The van der Waals surface area contributed by atoms with Crippen LogP contribution in [0.3, 0.4) is 0 Å². The topological polar surface area (TPSA) is 467 Å². The largest absolute Gasteiger partial charge is 3.00 e. The second-order valence-electron chi connectivity index (χ2n) is 17.7. The molecule has 4 unspecified atom stereocenters. The molecule has 0 aromatic heterocycles. The van der Waals surface area contributed by atoms with E-state index in [-0.39, 0.29) is 83.0 Å². The van der Waals surface area contributed by atoms with Gasteiger partial charge in [-0.15, -0.1) is 0 Å². The Morgan fingerprint density at radius 3 is 1.82 bits per heavy atom. The van der Waals surface area contributed by atoms with Gasteiger partial charge in [0.1, 0.15) is 30.5 Å². The molecule has 0 spiro atoms. The molecule has 0 saturated heterocycles. The maximum atomic E-state index is 14.1. The number of nitrogens with zero attached hydrogens (tertiary/aromatic N) is 3. The van der Waals surface area contributed by atoms with Gasteiger partial charge in [-0.3, -0.25) is 50.3 Å². The summed E-state index contributed by atoms with van der Waals surface area (Å²) in [6.07, 6.45) is 1.75. The van der Waals surface area contributed by atoms with Gasteiger partial charge in [-0.2, -0.15) is 0 Å². The average molecular weight is 1230 g/mol. The number of nitrogens with one attached hydrogen (secondary N) is 5. The van der Waals surface area contributed by atoms with Crippen LogP contribution in [0.2, 0.25) is 0 Å². The number of amides is 4. The van der Waals surface area contributed by atoms with Gasteiger partial charge in [-0.05, 0) is 61.3 Å². The molecule has 1 radical (unpaired) electrons. The third-order valence-electron chi connectivity index (χ3n) is 11.7. The number of unbranched alkanes of at least 4 members (excludes halogenated alkanes) is 1. The van der Waals surface area contributed by atoms with Gasteiger partial charge in [0, 0.05) is 52.4 Å². The monoisotopic (exact) mass is 1230 g/mol. The Morgan fingerprint density at radius 2 is 1.27 bits per heavy atom. The summed E-state index contributed by atoms with van der Waals surface area (Å²) in [7, 11) is 0. The van der Waals surface area contributed by atoms with E-state index in [9.17, 15) is 78.6 Å². The molecule has 29 heteroatoms. The first-order valence-corrected chi connectivity index (χ1v) is 24.3. The third-order valence-corrected chi connectivity index (χ3v) is 11.7. The minimum Gasteiger partial charge on any atom is -0.549 e. The third kappa shape index (κ3) is 27.3. The van der Waals surface area contributed by atoms with E-state index in [0.29, 0.717) is 36.9 Å². The van der Waals surface area contributed by atoms with E-state index < -0.39 is 155 Å². The number of hydrogen-bond donors (Lipinski definition) is 9. The molecular weight excluding hydrogens is 1160 g/mol. The molecule has 77 heavy (non-hydrogen) atoms. The van der Waals surface area contributed by atoms with Gasteiger partial charge in [0.05, 0.1) is 61.1 Å². The Morgan fingerprint density at radius 1 is 0.714 bits per heavy atom. The number of carbonyl (C=O) groups is 10. The van der Waals surface area contributed by atoms with Crippen molar-refractivity contribution in [3.8, 4) is 16.9 Å². The van der Waals surface area contributed by atoms with Crippen molar-refractivity contribution in [1.82, 2.24) is 36.0 Å². The molecule has 0 saturated carbocycles. The van der Waals surface area contributed by atoms with Gasteiger partial charge in [-0.25, -0.2) is 4.79 Å². The van der Waals surface area contributed by atoms with Crippen molar-refractivity contribution in [3.63, 3.8) is 0 Å². The van der Waals surface area contributed by atoms with Crippen LogP contribution in [0.4, 0.5) is 0 Å². The number of rotatable bonds is 39. The van der Waals surface area contributed by atoms with E-state index in [1.165, 1.54) is 12.1 Å². The van der Waals surface area contributed by atoms with Crippen molar-refractivity contribution >= 4 is 65.4 Å². The normalized spacial score (nSPS) is 12.9. The number of quaternary nitrogens is 1. The summed E-state index contributed by atoms with van der Waals surface area (Å²) in [6, 6.07) is 7.70. The van der Waals surface area contributed by atoms with E-state index in [4.69, 9.17) is 16.2 Å². The molecule has 425 valence electrons. The van der Waals surface area contributed by atoms with E-state index >= 15 is 0 Å². The standard InChI is InChI=1S/C48H71N11O17.Gd/c1-3-29(2)43(46(73)54-34(13-9-17-52-48(50)51)45(72)55-35(47(74)75)12-7-8-16-49)56-37(60)21-53-44(71)33-20-31(30-10-5-4-6-11-30)14-15-36(33)76-28-32(59(26-41(67)68)27-42(69)70)22-57(23-38(61)62)18-19-58(24-39(63)64)25-40(65)66;/h4-6,10-11,14-15,20,29,32,34-35,43H,3,7-9,12-13,16-19,21-28,49H2,1-2H3,(H,53,71)(H,54,73)(H,55,72)(H,56,60)(H,61,62)(H,63,64)(H,65,66)(H,67,68)(H,69,70)(H,74,75)(H4,50,51,52);/q;+3/p-3/t29?,32-,34?,35?,43?;/m1./s1. The Hall–Kier alpha value is -6.63. The predicted molar refractivity (Wildman–Crippen MR) is 256 cm³/mol. The maximum Gasteiger partial charge on any atom is 3.00 e. The molecule has 0 aliphatic rings. The first-order chi connectivity index (χ1) is 35.9. The van der Waals surface area contributed by atoms with Crippen LogP contribution < -0.4 is 73.7 Å². The van der Waals surface area contributed by atoms with Crippen molar-refractivity contribution in [2.24, 2.45) is 17.4 Å². The molecule has 0 heterocycles. The summed E-state index contributed by atoms with van der Waals surface area (Å²) in [5.41, 5.74) is 15.6. The van der Waals surface area contributed by atoms with Crippen LogP contribution in [0.5, 0.6) is 5.75 Å². The van der Waals surface area contributed by atoms with Gasteiger partial charge >= 0.3 is 51.9 Å². The molecule has 0 bridgehead atoms. The number of guanidine groups is 1. The summed E-state index contributed by atoms with van der Waals surface area (Å²) in [4.78, 5) is 131. The molecule has 2 aromatic carbocycles. The van der Waals surface area contributed by atoms with Crippen LogP contribution in [0.25, 0.3) is 11.1 Å². The molecule has 13 N–H and O–H groups in total. The molecule has 28 nitrogen and oxygen atoms in total. The van der Waals surface area contributed by atoms with Gasteiger partial charge in [-0.1, -0.05) is 56.7 Å². The fourth-order valence-electron chi connectivity index (χ4n) is 7.63. The minimum atomic E-state index is -1.77. The number of aliphatic carboxylic acids is 6. The van der Waals surface area contributed by atoms with Crippen molar-refractivity contribution < 1.29 is 134 Å². The van der Waals surface area contributed by atoms with Crippen LogP contribution >= 0.6 is 0 Å². The quantitative estimate of drug-likeness (QED) is 0.0170. The number of ether oxygens (including phenoxy) is 1. The van der Waals surface area contributed by atoms with Gasteiger partial charge in [0.25, 0.3) is 5.91 Å². The second-order valence-corrected chi connectivity index (χ2v) is 17.7. The average Bonchev–Trinajstić information content (AvgIpc) is 3.34. The Labute approximate surface area is 476 Å². The summed E-state index contributed by atoms with van der Waals surface area (Å²) in [6.45, 7) is -3.49. The minimum absolute atomic E-state index is 0. The molecule has 2 aromatic rings. The van der Waals surface area contributed by atoms with Gasteiger partial charge in [0.2, 0.25) is 17.7 Å². The second kappa shape index (κ2) is 36.4. The first-order valence-electron chi connectivity index (χ1n) is 24.3. The SMILES string of the molecule is CCC(C)C(NC(=O)CNC(=O)c1cc(-c2ccccc2)ccc1OC[C@@H](CN(CCN(CC(=O)[O-])CC(=O)[O-])CC(=O)[O-])N(CC(=O)[O-])CC(=O)[O-])C(=O)NC(CCC[NH+]=C(N)N)C(=O)NC(CCCC[NH3+])C(=O)O.[Gd+3]. The molecule has 4 amide bonds. The van der Waals surface area contributed by atoms with Crippen LogP contribution in [-0.2, 0) is 43.2 Å². The van der Waals surface area contributed by atoms with Crippen LogP contribution in [0.1, 0.15) is 62.7 Å². The number of nitrogens with two attached hydrogens (primary N) is 2. The van der Waals surface area contributed by atoms with E-state index in [0.717, 1.165) is 14.7 Å². The van der Waals surface area contributed by atoms with Crippen LogP contribution in [0, 0.1) is 45.9 Å². The van der Waals surface area contributed by atoms with Crippen molar-refractivity contribution in [2.75, 3.05) is 78.6 Å². The molecule has 2 rings (SSSR count). The zero-order valence-corrected chi connectivity index (χ0v) is 45.0. The summed E-state index contributed by atoms with van der Waals surface area (Å²) in [5.74, 6) is -14.1. The van der Waals surface area contributed by atoms with E-state index in [1.807, 2.05) is 0 Å². The molecular formula is C48H68GdN11O17. The predicted octanol–water partition coefficient (Wildman–Crippen LogP) is -11.4. The Bertz CT molecular complexity index is 2300. The first kappa shape index (κ1) is 68.4. The molecule has 0 fully saturated rings. The van der Waals surface area contributed by atoms with E-state index in [1.54, 1.807) is 50.2 Å². The number of hydrogen-bond acceptors (Lipinski definition) is 19. The van der Waals surface area contributed by atoms with Crippen molar-refractivity contribution in [2.45, 2.75) is 76.5 Å². The summed E-state index contributed by atoms with van der Waals surface area (Å²) >= 11 is 0. The van der Waals surface area contributed by atoms with Gasteiger partial charge < -0.3 is 86.3 Å². The van der Waals surface area contributed by atoms with Crippen LogP contribution in [-0.4, -0.2) is 188 Å². The Kier molecular flexibility index (Phi) is 32.3. The zero-order chi connectivity index (χ0) is 56.9. The fourth-order valence-corrected chi connectivity index (χ4v) is 7.63. The summed E-state index contributed by atoms with van der Waals surface area (Å²) in [5, 5.41) is 78.2. The summed E-state index contributed by atoms with van der Waals surface area (Å²) < 4.78 is 6.07. The Balaban J connectivity index is 0.0000296. The maximum absolute atomic E-state index is 14.1. The number of carboxylic acid groups (broad SMARTS) is 6. The van der Waals surface area contributed by atoms with Gasteiger partial charge in [0.15, 0.2) is 0 Å². The number of benzene rings is 2. The number of carboxylic acids is 6. The molecule has 0 aliphatic carbocycles. The smallest absolute Gasteiger partial charge is 0.549 e. The van der Waals surface area contributed by atoms with Crippen molar-refractivity contribution in [3.05, 3.63) is 54.1 Å². The molecule has 0 aliphatic heterocycles. The van der Waals surface area contributed by atoms with Crippen molar-refractivity contribution in [1.29, 1.82) is 0 Å². The molecule has 5 atom stereocenters. The van der Waals surface area contributed by atoms with Crippen LogP contribution in [0.15, 0.2) is 48.5 Å². The zero-order valence-electron chi connectivity index (χ0n) is 42.8. The number of carbonyl (C=O) groups excluding carboxylic acids is 9.